The van der Waals surface area contributed by atoms with E-state index in [0.29, 0.717) is 32.7 Å². The largest absolute Gasteiger partial charge is 0.507 e. The molecule has 21 N–H and O–H groups in total. The van der Waals surface area contributed by atoms with Crippen molar-refractivity contribution in [3.63, 3.8) is 0 Å². The average Bonchev–Trinajstić information content (AvgIpc) is 3.32. The van der Waals surface area contributed by atoms with E-state index in [-0.39, 0.29) is 43.5 Å². The number of nitrogens with one attached hydrogen (secondary N) is 1. The third kappa shape index (κ3) is 11.2. The lowest BCUT2D eigenvalue weighted by molar-refractivity contribution is -0.332. The van der Waals surface area contributed by atoms with Gasteiger partial charge in [-0.1, -0.05) is 48.5 Å². The number of ether oxygens (including phenoxy) is 4. The summed E-state index contributed by atoms with van der Waals surface area (Å²) in [6, 6.07) is 13.3. The Balaban J connectivity index is 0.000000238. The topological polar surface area (TPSA) is 447 Å². The van der Waals surface area contributed by atoms with Crippen LogP contribution in [0.3, 0.4) is 0 Å². The molecular formula is C45H59N5O19. The number of carboxylic acid groups (broad SMARTS) is 2. The Labute approximate surface area is 392 Å². The molecule has 378 valence electrons. The number of aliphatic hydroxyl groups excluding tert-OH is 8. The van der Waals surface area contributed by atoms with Gasteiger partial charge in [0, 0.05) is 30.1 Å². The summed E-state index contributed by atoms with van der Waals surface area (Å²) in [5, 5.41) is 128. The molecule has 0 aromatic heterocycles. The van der Waals surface area contributed by atoms with Crippen LogP contribution >= 0.6 is 0 Å². The molecule has 2 aliphatic heterocycles. The Bertz CT molecular complexity index is 2350. The first-order valence-corrected chi connectivity index (χ1v) is 21.9. The van der Waals surface area contributed by atoms with Gasteiger partial charge in [-0.25, -0.2) is 9.59 Å². The van der Waals surface area contributed by atoms with Gasteiger partial charge < -0.3 is 108 Å². The molecule has 3 fully saturated rings. The summed E-state index contributed by atoms with van der Waals surface area (Å²) in [6.45, 7) is -0.898. The molecule has 1 amide bonds. The second-order valence-corrected chi connectivity index (χ2v) is 17.1. The minimum Gasteiger partial charge on any atom is -0.507 e. The minimum absolute atomic E-state index is 0.0101. The molecule has 4 aromatic carbocycles. The quantitative estimate of drug-likeness (QED) is 0.0572. The van der Waals surface area contributed by atoms with Crippen LogP contribution in [0.25, 0.3) is 21.5 Å². The summed E-state index contributed by atoms with van der Waals surface area (Å²) in [6.07, 6.45) is -19.9. The van der Waals surface area contributed by atoms with Crippen molar-refractivity contribution in [3.8, 4) is 11.5 Å². The van der Waals surface area contributed by atoms with Crippen molar-refractivity contribution >= 4 is 39.4 Å². The Morgan fingerprint density at radius 3 is 1.71 bits per heavy atom. The van der Waals surface area contributed by atoms with E-state index >= 15 is 0 Å². The molecule has 2 unspecified atom stereocenters. The van der Waals surface area contributed by atoms with Gasteiger partial charge in [-0.2, -0.15) is 0 Å². The number of aromatic carboxylic acids is 2. The Hall–Kier alpha value is -5.23. The SMILES string of the molecule is NCC[C@H](O)C(=O)N[C@@H]1C[C@H](N)[C@@H](OC2O[C@H](CN)[C@@H](O)[C@H](O)[C@H]2O)[C@H](O)[C@H]1OC1O[C@H](CO)[C@@H](O)[C@H](N)[C@H]1O.O=C(O)c1cc2ccccc2c(Cc2c(O)c(C(=O)O)cc3ccccc23)c1O. The van der Waals surface area contributed by atoms with E-state index in [0.717, 1.165) is 0 Å². The molecule has 1 saturated carbocycles. The Morgan fingerprint density at radius 2 is 1.20 bits per heavy atom. The van der Waals surface area contributed by atoms with Crippen molar-refractivity contribution in [1.82, 2.24) is 5.32 Å². The van der Waals surface area contributed by atoms with Crippen molar-refractivity contribution in [3.05, 3.63) is 82.9 Å². The molecular weight excluding hydrogens is 915 g/mol. The zero-order valence-corrected chi connectivity index (χ0v) is 36.8. The molecule has 7 rings (SSSR count). The summed E-state index contributed by atoms with van der Waals surface area (Å²) in [5.74, 6) is -4.20. The molecule has 4 aromatic rings. The van der Waals surface area contributed by atoms with Crippen LogP contribution in [-0.4, -0.2) is 197 Å². The highest BCUT2D eigenvalue weighted by atomic mass is 16.7. The standard InChI is InChI=1S/C23H16O6.C22H43N5O13/c24-20-16(14-7-3-1-5-12(14)9-18(20)22(26)27)11-17-15-8-4-2-6-13(15)10-19(21(17)25)23(28)29;23-2-1-8(29)20(36)27-7-3-6(25)18(39-22-16(34)15(33)13(31)9(4-24)37-22)17(35)19(7)40-21-14(32)11(26)12(30)10(5-28)38-21/h1-10,24-25H,11H2,(H,26,27)(H,28,29);6-19,21-22,28-35H,1-5,23-26H2,(H,27,36)/t;6-,7+,8-,9+,10+,11-,12+,13+,14+,15-,16+,17-,18+,19-,21?,22?/m.0/s1. The number of hydrogen-bond acceptors (Lipinski definition) is 21. The second-order valence-electron chi connectivity index (χ2n) is 17.1. The molecule has 1 aliphatic carbocycles. The first-order chi connectivity index (χ1) is 32.7. The number of aliphatic hydroxyl groups is 8. The van der Waals surface area contributed by atoms with Crippen LogP contribution in [0.15, 0.2) is 60.7 Å². The highest BCUT2D eigenvalue weighted by molar-refractivity contribution is 6.02. The van der Waals surface area contributed by atoms with Gasteiger partial charge in [-0.15, -0.1) is 0 Å². The lowest BCUT2D eigenvalue weighted by Crippen LogP contribution is -2.69. The van der Waals surface area contributed by atoms with Crippen LogP contribution in [0, 0.1) is 0 Å². The molecule has 24 nitrogen and oxygen atoms in total. The van der Waals surface area contributed by atoms with Gasteiger partial charge in [-0.3, -0.25) is 4.79 Å². The number of carbonyl (C=O) groups excluding carboxylic acids is 1. The van der Waals surface area contributed by atoms with Crippen LogP contribution in [0.5, 0.6) is 11.5 Å². The Morgan fingerprint density at radius 1 is 0.696 bits per heavy atom. The third-order valence-electron chi connectivity index (χ3n) is 12.6. The van der Waals surface area contributed by atoms with Crippen LogP contribution in [-0.2, 0) is 30.2 Å². The number of aromatic hydroxyl groups is 2. The summed E-state index contributed by atoms with van der Waals surface area (Å²) < 4.78 is 22.5. The zero-order valence-electron chi connectivity index (χ0n) is 36.8. The number of carboxylic acids is 2. The van der Waals surface area contributed by atoms with E-state index in [1.54, 1.807) is 48.5 Å². The molecule has 2 heterocycles. The van der Waals surface area contributed by atoms with Gasteiger partial charge in [0.05, 0.1) is 18.7 Å². The molecule has 24 heteroatoms. The normalized spacial score (nSPS) is 31.9. The molecule has 69 heavy (non-hydrogen) atoms. The van der Waals surface area contributed by atoms with Crippen molar-refractivity contribution in [1.29, 1.82) is 0 Å². The van der Waals surface area contributed by atoms with Gasteiger partial charge in [-0.05, 0) is 53.1 Å². The van der Waals surface area contributed by atoms with Crippen LogP contribution < -0.4 is 28.3 Å². The van der Waals surface area contributed by atoms with Gasteiger partial charge in [0.15, 0.2) is 12.6 Å². The van der Waals surface area contributed by atoms with Gasteiger partial charge >= 0.3 is 11.9 Å². The van der Waals surface area contributed by atoms with Crippen molar-refractivity contribution in [2.24, 2.45) is 22.9 Å². The van der Waals surface area contributed by atoms with E-state index in [2.05, 4.69) is 5.32 Å². The number of hydrogen-bond donors (Lipinski definition) is 17. The smallest absolute Gasteiger partial charge is 0.339 e. The second kappa shape index (κ2) is 22.7. The summed E-state index contributed by atoms with van der Waals surface area (Å²) in [4.78, 5) is 35.8. The number of fused-ring (bicyclic) bond motifs is 2. The van der Waals surface area contributed by atoms with Gasteiger partial charge in [0.25, 0.3) is 0 Å². The third-order valence-corrected chi connectivity index (χ3v) is 12.6. The molecule has 0 radical (unpaired) electrons. The van der Waals surface area contributed by atoms with E-state index in [9.17, 15) is 75.7 Å². The molecule has 0 bridgehead atoms. The van der Waals surface area contributed by atoms with E-state index in [1.165, 1.54) is 12.1 Å². The van der Waals surface area contributed by atoms with Crippen LogP contribution in [0.2, 0.25) is 0 Å². The number of amides is 1. The van der Waals surface area contributed by atoms with Gasteiger partial charge in [0.2, 0.25) is 5.91 Å². The lowest BCUT2D eigenvalue weighted by atomic mass is 9.83. The fraction of sp³-hybridized carbons (Fsp3) is 0.489. The Kier molecular flexibility index (Phi) is 17.5. The summed E-state index contributed by atoms with van der Waals surface area (Å²) >= 11 is 0. The number of benzene rings is 4. The maximum absolute atomic E-state index is 12.6. The van der Waals surface area contributed by atoms with Crippen molar-refractivity contribution in [2.45, 2.75) is 117 Å². The molecule has 3 aliphatic rings. The molecule has 16 atom stereocenters. The zero-order chi connectivity index (χ0) is 50.6. The maximum Gasteiger partial charge on any atom is 0.339 e. The van der Waals surface area contributed by atoms with Crippen LogP contribution in [0.1, 0.15) is 44.7 Å². The number of phenols is 2. The van der Waals surface area contributed by atoms with E-state index < -0.39 is 134 Å². The molecule has 0 spiro atoms. The number of carbonyl (C=O) groups is 3. The van der Waals surface area contributed by atoms with Crippen LogP contribution in [0.4, 0.5) is 0 Å². The average molecular weight is 974 g/mol. The van der Waals surface area contributed by atoms with Gasteiger partial charge in [0.1, 0.15) is 89.8 Å². The van der Waals surface area contributed by atoms with Crippen molar-refractivity contribution in [2.75, 3.05) is 19.7 Å². The van der Waals surface area contributed by atoms with Crippen molar-refractivity contribution < 1.29 is 94.6 Å². The summed E-state index contributed by atoms with van der Waals surface area (Å²) in [5.41, 5.74) is 23.2. The number of nitrogens with two attached hydrogens (primary N) is 4. The molecule has 2 saturated heterocycles. The fourth-order valence-electron chi connectivity index (χ4n) is 8.75. The monoisotopic (exact) mass is 973 g/mol. The first kappa shape index (κ1) is 53.1. The predicted molar refractivity (Wildman–Crippen MR) is 239 cm³/mol. The van der Waals surface area contributed by atoms with E-state index in [1.807, 2.05) is 0 Å². The first-order valence-electron chi connectivity index (χ1n) is 21.9. The summed E-state index contributed by atoms with van der Waals surface area (Å²) in [7, 11) is 0. The van der Waals surface area contributed by atoms with E-state index in [4.69, 9.17) is 41.9 Å². The minimum atomic E-state index is -1.76. The fourth-order valence-corrected chi connectivity index (χ4v) is 8.75. The maximum atomic E-state index is 12.6. The number of rotatable bonds is 14. The lowest BCUT2D eigenvalue weighted by Gasteiger charge is -2.49. The predicted octanol–water partition coefficient (Wildman–Crippen LogP) is -4.03. The highest BCUT2D eigenvalue weighted by Gasteiger charge is 2.52. The highest BCUT2D eigenvalue weighted by Crippen LogP contribution is 2.39.